The van der Waals surface area contributed by atoms with Crippen molar-refractivity contribution in [2.24, 2.45) is 17.2 Å². The Labute approximate surface area is 251 Å². The second-order valence-electron chi connectivity index (χ2n) is 10.6. The molecule has 0 aliphatic heterocycles. The Hall–Kier alpha value is -4.49. The van der Waals surface area contributed by atoms with Crippen LogP contribution in [0.5, 0.6) is 5.75 Å². The van der Waals surface area contributed by atoms with E-state index < -0.39 is 29.9 Å². The van der Waals surface area contributed by atoms with Crippen molar-refractivity contribution in [2.75, 3.05) is 13.1 Å². The molecule has 2 aromatic carbocycles. The Morgan fingerprint density at radius 1 is 1.05 bits per heavy atom. The number of hydrogen-bond acceptors (Lipinski definition) is 9. The number of phenols is 1. The fraction of sp³-hybridized carbons (Fsp3) is 0.433. The Morgan fingerprint density at radius 2 is 1.74 bits per heavy atom. The molecule has 1 heterocycles. The zero-order valence-electron chi connectivity index (χ0n) is 24.7. The minimum absolute atomic E-state index is 0.117. The molecule has 232 valence electrons. The van der Waals surface area contributed by atoms with Gasteiger partial charge in [-0.25, -0.2) is 0 Å². The van der Waals surface area contributed by atoms with Crippen LogP contribution in [-0.2, 0) is 22.4 Å². The molecule has 0 aliphatic rings. The number of aromatic nitrogens is 2. The van der Waals surface area contributed by atoms with E-state index >= 15 is 0 Å². The van der Waals surface area contributed by atoms with Gasteiger partial charge >= 0.3 is 0 Å². The fourth-order valence-electron chi connectivity index (χ4n) is 4.76. The molecule has 0 aliphatic carbocycles. The quantitative estimate of drug-likeness (QED) is 0.0671. The Bertz CT molecular complexity index is 1340. The highest BCUT2D eigenvalue weighted by Gasteiger charge is 2.29. The van der Waals surface area contributed by atoms with Gasteiger partial charge in [0.05, 0.1) is 6.04 Å². The number of unbranched alkanes of at least 4 members (excludes halogenated alkanes) is 1. The van der Waals surface area contributed by atoms with E-state index in [1.165, 1.54) is 0 Å². The van der Waals surface area contributed by atoms with E-state index in [4.69, 9.17) is 27.1 Å². The Kier molecular flexibility index (Phi) is 12.5. The Morgan fingerprint density at radius 3 is 2.40 bits per heavy atom. The number of nitrogens with one attached hydrogen (secondary N) is 4. The first-order chi connectivity index (χ1) is 20.6. The predicted molar refractivity (Wildman–Crippen MR) is 163 cm³/mol. The highest BCUT2D eigenvalue weighted by molar-refractivity contribution is 5.90. The van der Waals surface area contributed by atoms with Gasteiger partial charge in [0, 0.05) is 19.4 Å². The van der Waals surface area contributed by atoms with Crippen LogP contribution in [0.25, 0.3) is 0 Å². The third kappa shape index (κ3) is 10.4. The molecule has 11 N–H and O–H groups in total. The van der Waals surface area contributed by atoms with Gasteiger partial charge in [0.2, 0.25) is 17.7 Å². The van der Waals surface area contributed by atoms with E-state index in [0.717, 1.165) is 28.7 Å². The average Bonchev–Trinajstić information content (AvgIpc) is 3.42. The molecule has 1 aromatic heterocycles. The first-order valence-electron chi connectivity index (χ1n) is 14.4. The van der Waals surface area contributed by atoms with Gasteiger partial charge < -0.3 is 42.8 Å². The number of amides is 2. The molecule has 0 fully saturated rings. The summed E-state index contributed by atoms with van der Waals surface area (Å²) < 4.78 is 5.59. The minimum Gasteiger partial charge on any atom is -0.508 e. The number of rotatable bonds is 16. The number of aromatic hydroxyl groups is 1. The maximum absolute atomic E-state index is 13.8. The molecule has 3 atom stereocenters. The van der Waals surface area contributed by atoms with Crippen LogP contribution in [0.15, 0.2) is 47.0 Å². The number of carbonyl (C=O) groups excluding carboxylic acids is 2. The monoisotopic (exact) mass is 593 g/mol. The van der Waals surface area contributed by atoms with Crippen molar-refractivity contribution >= 4 is 17.8 Å². The van der Waals surface area contributed by atoms with Crippen molar-refractivity contribution in [2.45, 2.75) is 70.5 Å². The van der Waals surface area contributed by atoms with Crippen LogP contribution < -0.4 is 33.2 Å². The highest BCUT2D eigenvalue weighted by Crippen LogP contribution is 2.23. The molecular formula is C30H43N9O4. The highest BCUT2D eigenvalue weighted by atomic mass is 16.5. The van der Waals surface area contributed by atoms with E-state index in [9.17, 15) is 14.7 Å². The van der Waals surface area contributed by atoms with Crippen LogP contribution in [0.1, 0.15) is 65.7 Å². The first-order valence-corrected chi connectivity index (χ1v) is 14.4. The number of nitrogens with two attached hydrogens (primary N) is 3. The summed E-state index contributed by atoms with van der Waals surface area (Å²) in [6.07, 6.45) is 2.79. The van der Waals surface area contributed by atoms with E-state index in [-0.39, 0.29) is 37.0 Å². The van der Waals surface area contributed by atoms with Crippen molar-refractivity contribution in [1.29, 1.82) is 5.41 Å². The smallest absolute Gasteiger partial charge is 0.249 e. The number of guanidine groups is 1. The summed E-state index contributed by atoms with van der Waals surface area (Å²) in [5.41, 5.74) is 20.5. The molecule has 13 heteroatoms. The fourth-order valence-corrected chi connectivity index (χ4v) is 4.76. The lowest BCUT2D eigenvalue weighted by atomic mass is 9.95. The largest absolute Gasteiger partial charge is 0.508 e. The molecule has 0 radical (unpaired) electrons. The zero-order chi connectivity index (χ0) is 31.4. The van der Waals surface area contributed by atoms with E-state index in [0.29, 0.717) is 31.6 Å². The van der Waals surface area contributed by atoms with Gasteiger partial charge in [-0.2, -0.15) is 4.98 Å². The minimum atomic E-state index is -0.995. The van der Waals surface area contributed by atoms with E-state index in [1.54, 1.807) is 12.1 Å². The third-order valence-electron chi connectivity index (χ3n) is 7.08. The summed E-state index contributed by atoms with van der Waals surface area (Å²) in [4.78, 5) is 31.5. The van der Waals surface area contributed by atoms with Gasteiger partial charge in [-0.05, 0) is 80.5 Å². The average molecular weight is 594 g/mol. The molecule has 0 saturated heterocycles. The van der Waals surface area contributed by atoms with Crippen LogP contribution in [-0.4, -0.2) is 58.2 Å². The van der Waals surface area contributed by atoms with Gasteiger partial charge in [-0.15, -0.1) is 0 Å². The lowest BCUT2D eigenvalue weighted by Gasteiger charge is -2.24. The number of benzene rings is 2. The molecule has 13 nitrogen and oxygen atoms in total. The van der Waals surface area contributed by atoms with Crippen molar-refractivity contribution in [3.8, 4) is 5.75 Å². The van der Waals surface area contributed by atoms with Crippen LogP contribution in [0.3, 0.4) is 0 Å². The molecule has 0 spiro atoms. The lowest BCUT2D eigenvalue weighted by molar-refractivity contribution is -0.130. The summed E-state index contributed by atoms with van der Waals surface area (Å²) >= 11 is 0. The number of nitrogens with zero attached hydrogens (tertiary/aromatic N) is 2. The number of hydrogen-bond donors (Lipinski definition) is 8. The number of phenolic OH excluding ortho intramolecular Hbond substituents is 1. The summed E-state index contributed by atoms with van der Waals surface area (Å²) in [6.45, 7) is 4.39. The molecule has 2 amide bonds. The molecule has 0 bridgehead atoms. The molecule has 43 heavy (non-hydrogen) atoms. The van der Waals surface area contributed by atoms with Gasteiger partial charge in [0.25, 0.3) is 0 Å². The first kappa shape index (κ1) is 33.0. The van der Waals surface area contributed by atoms with Crippen LogP contribution in [0, 0.1) is 19.3 Å². The van der Waals surface area contributed by atoms with E-state index in [1.807, 2.05) is 44.2 Å². The van der Waals surface area contributed by atoms with E-state index in [2.05, 4.69) is 26.1 Å². The van der Waals surface area contributed by atoms with Gasteiger partial charge in [0.15, 0.2) is 11.8 Å². The SMILES string of the molecule is Cc1cc(O)cc(C)c1C[C@H](NC(=O)[C@H](N)CCNC(=N)N)C(=O)N[C@@H](CCCCN)c1nc(Cc2ccccc2)no1. The van der Waals surface area contributed by atoms with Gasteiger partial charge in [-0.1, -0.05) is 35.5 Å². The number of aryl methyl sites for hydroxylation is 2. The second kappa shape index (κ2) is 16.2. The summed E-state index contributed by atoms with van der Waals surface area (Å²) in [7, 11) is 0. The van der Waals surface area contributed by atoms with Gasteiger partial charge in [-0.3, -0.25) is 15.0 Å². The van der Waals surface area contributed by atoms with Crippen molar-refractivity contribution in [3.63, 3.8) is 0 Å². The molecule has 0 saturated carbocycles. The molecular weight excluding hydrogens is 550 g/mol. The van der Waals surface area contributed by atoms with Crippen molar-refractivity contribution in [3.05, 3.63) is 76.4 Å². The zero-order valence-corrected chi connectivity index (χ0v) is 24.7. The van der Waals surface area contributed by atoms with Gasteiger partial charge in [0.1, 0.15) is 17.8 Å². The summed E-state index contributed by atoms with van der Waals surface area (Å²) in [5.74, 6) is -0.324. The molecule has 0 unspecified atom stereocenters. The van der Waals surface area contributed by atoms with Crippen molar-refractivity contribution in [1.82, 2.24) is 26.1 Å². The summed E-state index contributed by atoms with van der Waals surface area (Å²) in [5, 5.41) is 29.8. The lowest BCUT2D eigenvalue weighted by Crippen LogP contribution is -2.53. The number of carbonyl (C=O) groups is 2. The molecule has 3 rings (SSSR count). The predicted octanol–water partition coefficient (Wildman–Crippen LogP) is 1.20. The third-order valence-corrected chi connectivity index (χ3v) is 7.08. The maximum Gasteiger partial charge on any atom is 0.249 e. The molecule has 3 aromatic rings. The van der Waals surface area contributed by atoms with Crippen LogP contribution in [0.4, 0.5) is 0 Å². The topological polar surface area (TPSA) is 231 Å². The Balaban J connectivity index is 1.83. The maximum atomic E-state index is 13.8. The second-order valence-corrected chi connectivity index (χ2v) is 10.6. The van der Waals surface area contributed by atoms with Crippen molar-refractivity contribution < 1.29 is 19.2 Å². The summed E-state index contributed by atoms with van der Waals surface area (Å²) in [6, 6.07) is 10.4. The standard InChI is InChI=1S/C30H43N9O4/c1-18-14-21(40)15-19(2)22(18)17-25(37-27(41)23(32)11-13-35-30(33)34)28(42)36-24(10-6-7-12-31)29-38-26(39-43-29)16-20-8-4-3-5-9-20/h3-5,8-9,14-15,23-25,40H,6-7,10-13,16-17,31-32H2,1-2H3,(H,36,42)(H,37,41)(H4,33,34,35)/t23-,24+,25+/m1/s1. The van der Waals surface area contributed by atoms with Crippen LogP contribution >= 0.6 is 0 Å². The normalized spacial score (nSPS) is 13.1. The van der Waals surface area contributed by atoms with Crippen LogP contribution in [0.2, 0.25) is 0 Å².